The summed E-state index contributed by atoms with van der Waals surface area (Å²) in [6.45, 7) is 9.72. The van der Waals surface area contributed by atoms with E-state index in [1.165, 1.54) is 138 Å². The summed E-state index contributed by atoms with van der Waals surface area (Å²) in [6, 6.07) is 116. The van der Waals surface area contributed by atoms with Crippen molar-refractivity contribution < 1.29 is 0 Å². The van der Waals surface area contributed by atoms with Crippen LogP contribution < -0.4 is 15.6 Å². The third-order valence-electron chi connectivity index (χ3n) is 17.5. The van der Waals surface area contributed by atoms with Crippen LogP contribution in [0.2, 0.25) is 0 Å². The van der Waals surface area contributed by atoms with Gasteiger partial charge in [-0.05, 0) is 148 Å². The predicted octanol–water partition coefficient (Wildman–Crippen LogP) is 20.0. The van der Waals surface area contributed by atoms with Gasteiger partial charge in [-0.15, -0.1) is 0 Å². The van der Waals surface area contributed by atoms with Crippen molar-refractivity contribution in [2.75, 3.05) is 0 Å². The molecule has 0 fully saturated rings. The fraction of sp³-hybridized carbons (Fsp3) is 0.0617. The Labute approximate surface area is 485 Å². The first-order chi connectivity index (χ1) is 40.4. The molecule has 0 aliphatic heterocycles. The highest BCUT2D eigenvalue weighted by Gasteiger charge is 2.50. The third-order valence-corrected chi connectivity index (χ3v) is 22.5. The summed E-state index contributed by atoms with van der Waals surface area (Å²) >= 11 is 0. The molecule has 392 valence electrons. The molecule has 0 saturated heterocycles. The van der Waals surface area contributed by atoms with Gasteiger partial charge in [0.1, 0.15) is 0 Å². The minimum Gasteiger partial charge on any atom is -0.0636 e. The molecule has 0 saturated carbocycles. The van der Waals surface area contributed by atoms with Gasteiger partial charge in [0.2, 0.25) is 0 Å². The summed E-state index contributed by atoms with van der Waals surface area (Å²) in [5.41, 5.74) is 25.8. The molecule has 1 unspecified atom stereocenters. The van der Waals surface area contributed by atoms with Crippen molar-refractivity contribution in [2.24, 2.45) is 5.92 Å². The first kappa shape index (κ1) is 51.8. The Kier molecular flexibility index (Phi) is 14.2. The second-order valence-electron chi connectivity index (χ2n) is 22.0. The maximum Gasteiger partial charge on any atom is 0.176 e. The van der Waals surface area contributed by atoms with Crippen LogP contribution in [-0.2, 0) is 0 Å². The topological polar surface area (TPSA) is 0 Å². The molecule has 12 aromatic rings. The molecule has 0 aromatic heterocycles. The second kappa shape index (κ2) is 22.5. The van der Waals surface area contributed by atoms with E-state index in [-0.39, 0.29) is 5.92 Å². The predicted molar refractivity (Wildman–Crippen MR) is 353 cm³/mol. The van der Waals surface area contributed by atoms with E-state index in [2.05, 4.69) is 337 Å². The first-order valence-electron chi connectivity index (χ1n) is 28.8. The molecule has 1 atom stereocenters. The van der Waals surface area contributed by atoms with Crippen LogP contribution in [0.5, 0.6) is 0 Å². The Bertz CT molecular complexity index is 3690. The summed E-state index contributed by atoms with van der Waals surface area (Å²) in [5, 5.41) is 5.53. The molecule has 82 heavy (non-hydrogen) atoms. The van der Waals surface area contributed by atoms with Gasteiger partial charge in [0.25, 0.3) is 0 Å². The van der Waals surface area contributed by atoms with E-state index in [4.69, 9.17) is 0 Å². The number of allylic oxidation sites excluding steroid dienone is 4. The van der Waals surface area contributed by atoms with Crippen molar-refractivity contribution in [2.45, 2.75) is 27.7 Å². The molecular formula is C81H64Si. The maximum absolute atomic E-state index is 3.72. The van der Waals surface area contributed by atoms with Crippen LogP contribution in [0.4, 0.5) is 0 Å². The lowest BCUT2D eigenvalue weighted by Crippen LogP contribution is -2.70. The van der Waals surface area contributed by atoms with E-state index in [0.29, 0.717) is 0 Å². The molecule has 0 bridgehead atoms. The molecule has 0 nitrogen and oxygen atoms in total. The van der Waals surface area contributed by atoms with Gasteiger partial charge >= 0.3 is 0 Å². The SMILES string of the molecule is CC1=C(C)C(C)C([Si](c2cc(-c3ccccc3)c(-c3ccccc3)c(-c3ccccc3)c2)(c2cc(-c3ccccc3)c(-c3ccccc3)c(-c3ccccc3)c2)c2cc(-c3ccccc3)c(-c3ccccc3)c(-c3ccccc3)c2)=C1C. The zero-order valence-corrected chi connectivity index (χ0v) is 48.0. The molecule has 1 heteroatoms. The monoisotopic (exact) mass is 1060 g/mol. The fourth-order valence-electron chi connectivity index (χ4n) is 13.3. The summed E-state index contributed by atoms with van der Waals surface area (Å²) in [7, 11) is -3.72. The third kappa shape index (κ3) is 9.33. The van der Waals surface area contributed by atoms with Gasteiger partial charge < -0.3 is 0 Å². The van der Waals surface area contributed by atoms with Crippen LogP contribution in [-0.4, -0.2) is 8.07 Å². The smallest absolute Gasteiger partial charge is 0.0636 e. The molecule has 0 heterocycles. The van der Waals surface area contributed by atoms with Gasteiger partial charge in [-0.2, -0.15) is 0 Å². The molecular weight excluding hydrogens is 1000 g/mol. The van der Waals surface area contributed by atoms with Crippen LogP contribution >= 0.6 is 0 Å². The number of rotatable bonds is 13. The normalized spacial score (nSPS) is 13.4. The Morgan fingerprint density at radius 3 is 0.585 bits per heavy atom. The minimum absolute atomic E-state index is 0.115. The maximum atomic E-state index is 2.65. The van der Waals surface area contributed by atoms with Crippen molar-refractivity contribution in [1.82, 2.24) is 0 Å². The van der Waals surface area contributed by atoms with Gasteiger partial charge in [-0.25, -0.2) is 0 Å². The van der Waals surface area contributed by atoms with Crippen LogP contribution in [0.1, 0.15) is 27.7 Å². The minimum atomic E-state index is -3.72. The molecule has 13 rings (SSSR count). The van der Waals surface area contributed by atoms with E-state index < -0.39 is 8.07 Å². The van der Waals surface area contributed by atoms with E-state index in [1.807, 2.05) is 0 Å². The molecule has 0 amide bonds. The van der Waals surface area contributed by atoms with Crippen molar-refractivity contribution >= 4 is 23.6 Å². The van der Waals surface area contributed by atoms with Crippen molar-refractivity contribution in [1.29, 1.82) is 0 Å². The zero-order chi connectivity index (χ0) is 55.6. The first-order valence-corrected chi connectivity index (χ1v) is 30.8. The number of hydrogen-bond donors (Lipinski definition) is 0. The van der Waals surface area contributed by atoms with Crippen LogP contribution in [0.15, 0.2) is 331 Å². The van der Waals surface area contributed by atoms with E-state index >= 15 is 0 Å². The average molecular weight is 1070 g/mol. The van der Waals surface area contributed by atoms with E-state index in [1.54, 1.807) is 0 Å². The van der Waals surface area contributed by atoms with Gasteiger partial charge in [0.15, 0.2) is 8.07 Å². The number of benzene rings is 12. The van der Waals surface area contributed by atoms with Gasteiger partial charge in [-0.1, -0.05) is 333 Å². The highest BCUT2D eigenvalue weighted by atomic mass is 28.3. The molecule has 0 radical (unpaired) electrons. The molecule has 12 aromatic carbocycles. The van der Waals surface area contributed by atoms with Gasteiger partial charge in [-0.3, -0.25) is 0 Å². The van der Waals surface area contributed by atoms with Crippen molar-refractivity contribution in [3.8, 4) is 100 Å². The van der Waals surface area contributed by atoms with Crippen molar-refractivity contribution in [3.05, 3.63) is 331 Å². The molecule has 0 spiro atoms. The summed E-state index contributed by atoms with van der Waals surface area (Å²) in [4.78, 5) is 0. The van der Waals surface area contributed by atoms with Crippen molar-refractivity contribution in [3.63, 3.8) is 0 Å². The largest absolute Gasteiger partial charge is 0.176 e. The lowest BCUT2D eigenvalue weighted by atomic mass is 9.87. The Morgan fingerprint density at radius 1 is 0.232 bits per heavy atom. The highest BCUT2D eigenvalue weighted by molar-refractivity contribution is 7.16. The van der Waals surface area contributed by atoms with Crippen LogP contribution in [0, 0.1) is 5.92 Å². The second-order valence-corrected chi connectivity index (χ2v) is 25.7. The molecule has 1 aliphatic carbocycles. The summed E-state index contributed by atoms with van der Waals surface area (Å²) in [6.07, 6.45) is 0. The van der Waals surface area contributed by atoms with E-state index in [0.717, 1.165) is 0 Å². The molecule has 0 N–H and O–H groups in total. The standard InChI is InChI=1S/C81H64Si/c1-56-57(2)59(4)81(58(56)3)82(69-50-72(60-32-14-5-15-33-60)78(66-44-26-11-27-45-66)73(51-69)61-34-16-6-17-35-61,70-52-74(62-36-18-7-19-37-62)79(67-46-28-12-29-47-67)75(53-70)63-38-20-8-21-39-63)71-54-76(64-40-22-9-23-41-64)80(68-48-30-13-31-49-68)77(55-71)65-42-24-10-25-43-65/h5-55,58H,1-4H3. The zero-order valence-electron chi connectivity index (χ0n) is 47.0. The summed E-state index contributed by atoms with van der Waals surface area (Å²) in [5.74, 6) is 0.115. The van der Waals surface area contributed by atoms with Gasteiger partial charge in [0.05, 0.1) is 0 Å². The summed E-state index contributed by atoms with van der Waals surface area (Å²) < 4.78 is 0. The molecule has 1 aliphatic rings. The lowest BCUT2D eigenvalue weighted by molar-refractivity contribution is 0.851. The Balaban J connectivity index is 1.32. The van der Waals surface area contributed by atoms with E-state index in [9.17, 15) is 0 Å². The Hall–Kier alpha value is -9.66. The van der Waals surface area contributed by atoms with Crippen LogP contribution in [0.25, 0.3) is 100 Å². The van der Waals surface area contributed by atoms with Crippen LogP contribution in [0.3, 0.4) is 0 Å². The fourth-order valence-corrected chi connectivity index (χ4v) is 19.0. The Morgan fingerprint density at radius 2 is 0.415 bits per heavy atom. The lowest BCUT2D eigenvalue weighted by Gasteiger charge is -2.41. The average Bonchev–Trinajstić information content (AvgIpc) is 3.94. The number of hydrogen-bond acceptors (Lipinski definition) is 0. The quantitative estimate of drug-likeness (QED) is 0.0797. The highest BCUT2D eigenvalue weighted by Crippen LogP contribution is 2.49. The van der Waals surface area contributed by atoms with Gasteiger partial charge in [0, 0.05) is 0 Å².